The van der Waals surface area contributed by atoms with E-state index in [0.717, 1.165) is 64.2 Å². The lowest BCUT2D eigenvalue weighted by atomic mass is 10.0. The van der Waals surface area contributed by atoms with Gasteiger partial charge in [0.15, 0.2) is 0 Å². The van der Waals surface area contributed by atoms with E-state index in [1.54, 1.807) is 0 Å². The van der Waals surface area contributed by atoms with Crippen LogP contribution in [0.25, 0.3) is 0 Å². The summed E-state index contributed by atoms with van der Waals surface area (Å²) < 4.78 is 34.9. The number of unbranched alkanes of at least 4 members (excludes halogenated alkanes) is 21. The van der Waals surface area contributed by atoms with E-state index in [1.807, 2.05) is 21.1 Å². The number of likely N-dealkylation sites (N-methyl/N-ethyl adjacent to an activating group) is 1. The summed E-state index contributed by atoms with van der Waals surface area (Å²) in [6, 6.07) is 0. The van der Waals surface area contributed by atoms with Crippen molar-refractivity contribution >= 4 is 13.8 Å². The zero-order valence-electron chi connectivity index (χ0n) is 34.1. The first-order valence-electron chi connectivity index (χ1n) is 21.1. The van der Waals surface area contributed by atoms with E-state index in [2.05, 4.69) is 38.2 Å². The molecular weight excluding hydrogens is 661 g/mol. The zero-order chi connectivity index (χ0) is 37.7. The predicted molar refractivity (Wildman–Crippen MR) is 215 cm³/mol. The van der Waals surface area contributed by atoms with E-state index in [9.17, 15) is 14.3 Å². The summed E-state index contributed by atoms with van der Waals surface area (Å²) in [4.78, 5) is 22.8. The zero-order valence-corrected chi connectivity index (χ0v) is 35.0. The number of esters is 1. The minimum Gasteiger partial charge on any atom is -0.457 e. The standard InChI is InChI=1S/C42H82NO7P/c1-6-8-10-12-14-16-18-20-21-22-24-26-28-30-32-34-37-47-39-41(40-49-51(45,46)48-38-36-43(3,4)5)50-42(44)35-33-31-29-27-25-23-19-17-15-13-11-9-7-2/h11,13,17,19,41H,6-10,12,14-16,18,20-40H2,1-5H3/p+1/b13-11-,19-17-. The summed E-state index contributed by atoms with van der Waals surface area (Å²) in [5, 5.41) is 0. The molecule has 0 amide bonds. The van der Waals surface area contributed by atoms with E-state index >= 15 is 0 Å². The van der Waals surface area contributed by atoms with Crippen LogP contribution in [-0.4, -0.2) is 75.6 Å². The number of rotatable bonds is 39. The molecule has 51 heavy (non-hydrogen) atoms. The quantitative estimate of drug-likeness (QED) is 0.0220. The number of hydrogen-bond acceptors (Lipinski definition) is 6. The molecule has 0 heterocycles. The summed E-state index contributed by atoms with van der Waals surface area (Å²) in [7, 11) is 1.66. The molecule has 0 aliphatic rings. The summed E-state index contributed by atoms with van der Waals surface area (Å²) in [6.45, 7) is 5.56. The Bertz CT molecular complexity index is 874. The maximum atomic E-state index is 12.6. The van der Waals surface area contributed by atoms with Gasteiger partial charge in [-0.2, -0.15) is 0 Å². The number of carbonyl (C=O) groups excluding carboxylic acids is 1. The highest BCUT2D eigenvalue weighted by atomic mass is 31.2. The summed E-state index contributed by atoms with van der Waals surface area (Å²) in [5.41, 5.74) is 0. The van der Waals surface area contributed by atoms with Crippen molar-refractivity contribution in [3.63, 3.8) is 0 Å². The lowest BCUT2D eigenvalue weighted by Gasteiger charge is -2.24. The SMILES string of the molecule is CCC/C=C\C/C=C\CCCCCCCC(=O)OC(COCCCCCCCCCCCCCCCCCC)COP(=O)(O)OCC[N+](C)(C)C. The van der Waals surface area contributed by atoms with Gasteiger partial charge in [0.1, 0.15) is 19.3 Å². The van der Waals surface area contributed by atoms with Gasteiger partial charge in [-0.15, -0.1) is 0 Å². The van der Waals surface area contributed by atoms with E-state index in [1.165, 1.54) is 96.3 Å². The molecule has 0 aromatic heterocycles. The fourth-order valence-corrected chi connectivity index (χ4v) is 6.45. The number of ether oxygens (including phenoxy) is 2. The van der Waals surface area contributed by atoms with E-state index in [0.29, 0.717) is 24.1 Å². The normalized spacial score (nSPS) is 14.1. The molecule has 0 saturated heterocycles. The Hall–Kier alpha value is -1.02. The highest BCUT2D eigenvalue weighted by Gasteiger charge is 2.26. The number of quaternary nitrogens is 1. The Morgan fingerprint density at radius 1 is 0.608 bits per heavy atom. The molecule has 0 saturated carbocycles. The molecule has 0 aromatic carbocycles. The van der Waals surface area contributed by atoms with E-state index in [-0.39, 0.29) is 25.8 Å². The molecule has 0 aliphatic heterocycles. The number of nitrogens with zero attached hydrogens (tertiary/aromatic N) is 1. The lowest BCUT2D eigenvalue weighted by molar-refractivity contribution is -0.870. The van der Waals surface area contributed by atoms with Crippen LogP contribution in [0.2, 0.25) is 0 Å². The highest BCUT2D eigenvalue weighted by molar-refractivity contribution is 7.47. The van der Waals surface area contributed by atoms with Crippen LogP contribution in [0.3, 0.4) is 0 Å². The lowest BCUT2D eigenvalue weighted by Crippen LogP contribution is -2.37. The van der Waals surface area contributed by atoms with Crippen molar-refractivity contribution < 1.29 is 37.3 Å². The van der Waals surface area contributed by atoms with E-state index in [4.69, 9.17) is 18.5 Å². The van der Waals surface area contributed by atoms with Gasteiger partial charge < -0.3 is 18.9 Å². The molecule has 302 valence electrons. The molecule has 0 fully saturated rings. The fraction of sp³-hybridized carbons (Fsp3) is 0.881. The van der Waals surface area contributed by atoms with Gasteiger partial charge in [0, 0.05) is 13.0 Å². The van der Waals surface area contributed by atoms with Crippen molar-refractivity contribution in [3.8, 4) is 0 Å². The molecule has 2 atom stereocenters. The Kier molecular flexibility index (Phi) is 35.3. The molecule has 0 rings (SSSR count). The first-order chi connectivity index (χ1) is 24.6. The minimum absolute atomic E-state index is 0.0875. The molecule has 0 spiro atoms. The molecule has 0 aliphatic carbocycles. The van der Waals surface area contributed by atoms with Crippen LogP contribution in [0.15, 0.2) is 24.3 Å². The third kappa shape index (κ3) is 40.0. The molecule has 0 bridgehead atoms. The average molecular weight is 745 g/mol. The number of hydrogen-bond donors (Lipinski definition) is 1. The van der Waals surface area contributed by atoms with Crippen LogP contribution in [0.1, 0.15) is 181 Å². The topological polar surface area (TPSA) is 91.3 Å². The van der Waals surface area contributed by atoms with E-state index < -0.39 is 13.9 Å². The molecular formula is C42H83NO7P+. The van der Waals surface area contributed by atoms with Gasteiger partial charge in [-0.25, -0.2) is 4.57 Å². The Balaban J connectivity index is 4.24. The molecule has 9 heteroatoms. The van der Waals surface area contributed by atoms with Gasteiger partial charge in [0.05, 0.1) is 34.4 Å². The molecule has 0 aromatic rings. The third-order valence-electron chi connectivity index (χ3n) is 9.00. The van der Waals surface area contributed by atoms with Gasteiger partial charge >= 0.3 is 13.8 Å². The van der Waals surface area contributed by atoms with Crippen molar-refractivity contribution in [3.05, 3.63) is 24.3 Å². The first-order valence-corrected chi connectivity index (χ1v) is 22.6. The molecule has 8 nitrogen and oxygen atoms in total. The van der Waals surface area contributed by atoms with Crippen molar-refractivity contribution in [1.82, 2.24) is 0 Å². The summed E-state index contributed by atoms with van der Waals surface area (Å²) in [5.74, 6) is -0.326. The number of phosphoric acid groups is 1. The largest absolute Gasteiger partial charge is 0.472 e. The van der Waals surface area contributed by atoms with Crippen LogP contribution >= 0.6 is 7.82 Å². The predicted octanol–water partition coefficient (Wildman–Crippen LogP) is 12.0. The second kappa shape index (κ2) is 36.0. The van der Waals surface area contributed by atoms with Gasteiger partial charge in [-0.05, 0) is 38.5 Å². The van der Waals surface area contributed by atoms with Crippen LogP contribution in [0.5, 0.6) is 0 Å². The van der Waals surface area contributed by atoms with Crippen LogP contribution in [0.4, 0.5) is 0 Å². The number of phosphoric ester groups is 1. The molecule has 1 N–H and O–H groups in total. The molecule has 2 unspecified atom stereocenters. The maximum absolute atomic E-state index is 12.6. The monoisotopic (exact) mass is 745 g/mol. The summed E-state index contributed by atoms with van der Waals surface area (Å²) >= 11 is 0. The van der Waals surface area contributed by atoms with Crippen molar-refractivity contribution in [1.29, 1.82) is 0 Å². The van der Waals surface area contributed by atoms with Crippen LogP contribution < -0.4 is 0 Å². The number of allylic oxidation sites excluding steroid dienone is 4. The van der Waals surface area contributed by atoms with Crippen molar-refractivity contribution in [2.75, 3.05) is 54.1 Å². The summed E-state index contributed by atoms with van der Waals surface area (Å²) in [6.07, 6.45) is 39.2. The smallest absolute Gasteiger partial charge is 0.457 e. The average Bonchev–Trinajstić information content (AvgIpc) is 3.08. The van der Waals surface area contributed by atoms with Gasteiger partial charge in [0.2, 0.25) is 0 Å². The Labute approximate surface area is 315 Å². The third-order valence-corrected chi connectivity index (χ3v) is 9.98. The highest BCUT2D eigenvalue weighted by Crippen LogP contribution is 2.43. The Morgan fingerprint density at radius 2 is 1.12 bits per heavy atom. The maximum Gasteiger partial charge on any atom is 0.472 e. The van der Waals surface area contributed by atoms with Gasteiger partial charge in [-0.1, -0.05) is 160 Å². The van der Waals surface area contributed by atoms with Crippen molar-refractivity contribution in [2.45, 2.75) is 187 Å². The second-order valence-electron chi connectivity index (χ2n) is 15.4. The number of carbonyl (C=O) groups is 1. The van der Waals surface area contributed by atoms with Crippen LogP contribution in [0, 0.1) is 0 Å². The molecule has 0 radical (unpaired) electrons. The minimum atomic E-state index is -4.27. The van der Waals surface area contributed by atoms with Crippen LogP contribution in [-0.2, 0) is 27.9 Å². The fourth-order valence-electron chi connectivity index (χ4n) is 5.71. The van der Waals surface area contributed by atoms with Crippen molar-refractivity contribution in [2.24, 2.45) is 0 Å². The first kappa shape index (κ1) is 50.0. The Morgan fingerprint density at radius 3 is 1.67 bits per heavy atom. The second-order valence-corrected chi connectivity index (χ2v) is 16.8. The van der Waals surface area contributed by atoms with Gasteiger partial charge in [-0.3, -0.25) is 13.8 Å². The van der Waals surface area contributed by atoms with Gasteiger partial charge in [0.25, 0.3) is 0 Å².